The van der Waals surface area contributed by atoms with Crippen LogP contribution in [0.1, 0.15) is 54.9 Å². The number of aliphatic hydroxyl groups is 1. The monoisotopic (exact) mass is 412 g/mol. The fourth-order valence-corrected chi connectivity index (χ4v) is 3.95. The van der Waals surface area contributed by atoms with Crippen LogP contribution in [0, 0.1) is 55.4 Å². The zero-order valence-electron chi connectivity index (χ0n) is 18.6. The van der Waals surface area contributed by atoms with Crippen LogP contribution in [0.3, 0.4) is 0 Å². The molecule has 1 aliphatic rings. The molecule has 3 aromatic rings. The van der Waals surface area contributed by atoms with Crippen molar-refractivity contribution >= 4 is 16.8 Å². The van der Waals surface area contributed by atoms with Crippen molar-refractivity contribution in [2.75, 3.05) is 0 Å². The molecule has 0 radical (unpaired) electrons. The molecule has 1 atom stereocenters. The molecule has 2 aromatic carbocycles. The van der Waals surface area contributed by atoms with Crippen LogP contribution in [0.5, 0.6) is 17.4 Å². The lowest BCUT2D eigenvalue weighted by molar-refractivity contribution is 0.00836. The number of hydrogen-bond donors (Lipinski definition) is 3. The van der Waals surface area contributed by atoms with E-state index < -0.39 is 12.2 Å². The molecule has 1 aromatic heterocycles. The number of ketones is 1. The lowest BCUT2D eigenvalue weighted by atomic mass is 9.92. The van der Waals surface area contributed by atoms with Crippen LogP contribution in [0.2, 0.25) is 0 Å². The SMILES string of the molecule is Cc1c(C)c(C)c2c(O)c(O)oc2c1C.Cc1c(C)c(C)c2c(c1C)OC(O)C2=O. The van der Waals surface area contributed by atoms with Gasteiger partial charge in [0.25, 0.3) is 6.29 Å². The van der Waals surface area contributed by atoms with E-state index in [4.69, 9.17) is 9.15 Å². The minimum Gasteiger partial charge on any atom is -0.501 e. The lowest BCUT2D eigenvalue weighted by Gasteiger charge is -2.12. The molecule has 4 rings (SSSR count). The van der Waals surface area contributed by atoms with Gasteiger partial charge in [-0.2, -0.15) is 0 Å². The molecule has 3 N–H and O–H groups in total. The number of benzene rings is 2. The second kappa shape index (κ2) is 7.36. The van der Waals surface area contributed by atoms with Crippen LogP contribution < -0.4 is 4.74 Å². The van der Waals surface area contributed by atoms with Crippen molar-refractivity contribution in [2.24, 2.45) is 0 Å². The Balaban J connectivity index is 0.000000171. The van der Waals surface area contributed by atoms with E-state index in [0.29, 0.717) is 22.3 Å². The van der Waals surface area contributed by atoms with Crippen LogP contribution in [-0.4, -0.2) is 27.4 Å². The van der Waals surface area contributed by atoms with Crippen LogP contribution in [0.15, 0.2) is 4.42 Å². The van der Waals surface area contributed by atoms with Gasteiger partial charge in [-0.3, -0.25) is 4.79 Å². The number of aliphatic hydroxyl groups excluding tert-OH is 1. The van der Waals surface area contributed by atoms with Crippen LogP contribution in [-0.2, 0) is 0 Å². The van der Waals surface area contributed by atoms with Crippen LogP contribution >= 0.6 is 0 Å². The van der Waals surface area contributed by atoms with Gasteiger partial charge in [0.1, 0.15) is 11.3 Å². The van der Waals surface area contributed by atoms with E-state index in [9.17, 15) is 20.1 Å². The second-order valence-electron chi connectivity index (χ2n) is 8.00. The van der Waals surface area contributed by atoms with Gasteiger partial charge in [-0.25, -0.2) is 0 Å². The zero-order valence-corrected chi connectivity index (χ0v) is 18.6. The Hall–Kier alpha value is -2.99. The van der Waals surface area contributed by atoms with Crippen molar-refractivity contribution < 1.29 is 29.3 Å². The van der Waals surface area contributed by atoms with E-state index in [1.165, 1.54) is 0 Å². The van der Waals surface area contributed by atoms with Crippen molar-refractivity contribution in [1.29, 1.82) is 0 Å². The number of carbonyl (C=O) groups is 1. The van der Waals surface area contributed by atoms with E-state index in [0.717, 1.165) is 44.5 Å². The molecule has 6 nitrogen and oxygen atoms in total. The minimum absolute atomic E-state index is 0.159. The van der Waals surface area contributed by atoms with E-state index in [1.54, 1.807) is 0 Å². The summed E-state index contributed by atoms with van der Waals surface area (Å²) in [4.78, 5) is 11.7. The van der Waals surface area contributed by atoms with E-state index in [2.05, 4.69) is 0 Å². The normalized spacial score (nSPS) is 15.1. The molecule has 1 unspecified atom stereocenters. The fourth-order valence-electron chi connectivity index (χ4n) is 3.95. The summed E-state index contributed by atoms with van der Waals surface area (Å²) in [6.45, 7) is 15.6. The molecule has 0 fully saturated rings. The van der Waals surface area contributed by atoms with Crippen molar-refractivity contribution in [3.05, 3.63) is 50.1 Å². The molecule has 0 spiro atoms. The number of rotatable bonds is 0. The Morgan fingerprint density at radius 3 is 1.80 bits per heavy atom. The first-order valence-corrected chi connectivity index (χ1v) is 9.80. The highest BCUT2D eigenvalue weighted by molar-refractivity contribution is 6.05. The first kappa shape index (κ1) is 21.7. The summed E-state index contributed by atoms with van der Waals surface area (Å²) in [5, 5.41) is 29.0. The van der Waals surface area contributed by atoms with Crippen molar-refractivity contribution in [3.63, 3.8) is 0 Å². The molecule has 2 heterocycles. The molecule has 0 saturated carbocycles. The Kier molecular flexibility index (Phi) is 5.33. The average molecular weight is 412 g/mol. The van der Waals surface area contributed by atoms with Gasteiger partial charge in [0.15, 0.2) is 0 Å². The Morgan fingerprint density at radius 1 is 0.700 bits per heavy atom. The largest absolute Gasteiger partial charge is 0.501 e. The molecular weight excluding hydrogens is 384 g/mol. The van der Waals surface area contributed by atoms with Crippen LogP contribution in [0.4, 0.5) is 0 Å². The number of hydrogen-bond acceptors (Lipinski definition) is 6. The molecule has 0 amide bonds. The maximum atomic E-state index is 11.7. The molecule has 0 aliphatic carbocycles. The number of ether oxygens (including phenoxy) is 1. The fraction of sp³-hybridized carbons (Fsp3) is 0.375. The van der Waals surface area contributed by atoms with Gasteiger partial charge in [0, 0.05) is 0 Å². The number of aryl methyl sites for hydroxylation is 2. The average Bonchev–Trinajstić information content (AvgIpc) is 3.18. The predicted octanol–water partition coefficient (Wildman–Crippen LogP) is 4.89. The standard InChI is InChI=1S/2C12H14O3/c2*1-5-6(2)8(4)11-9(7(5)3)10(13)12(14)15-11/h13-14H,1-4H3;12,14H,1-4H3. The summed E-state index contributed by atoms with van der Waals surface area (Å²) in [7, 11) is 0. The van der Waals surface area contributed by atoms with Gasteiger partial charge in [-0.15, -0.1) is 0 Å². The highest BCUT2D eigenvalue weighted by atomic mass is 16.6. The number of carbonyl (C=O) groups excluding carboxylic acids is 1. The first-order valence-electron chi connectivity index (χ1n) is 9.80. The number of Topliss-reactive ketones (excluding diaryl/α,β-unsaturated/α-hetero) is 1. The molecule has 0 bridgehead atoms. The number of fused-ring (bicyclic) bond motifs is 2. The predicted molar refractivity (Wildman–Crippen MR) is 115 cm³/mol. The lowest BCUT2D eigenvalue weighted by Crippen LogP contribution is -2.19. The maximum absolute atomic E-state index is 11.7. The molecule has 30 heavy (non-hydrogen) atoms. The third kappa shape index (κ3) is 3.03. The molecular formula is C24H28O6. The van der Waals surface area contributed by atoms with E-state index >= 15 is 0 Å². The van der Waals surface area contributed by atoms with Gasteiger partial charge in [0.05, 0.1) is 10.9 Å². The molecule has 0 saturated heterocycles. The topological polar surface area (TPSA) is 100 Å². The summed E-state index contributed by atoms with van der Waals surface area (Å²) in [5.41, 5.74) is 9.36. The second-order valence-corrected chi connectivity index (χ2v) is 8.00. The van der Waals surface area contributed by atoms with Crippen molar-refractivity contribution in [3.8, 4) is 17.4 Å². The van der Waals surface area contributed by atoms with Gasteiger partial charge in [-0.05, 0) is 99.9 Å². The Bertz CT molecular complexity index is 1200. The van der Waals surface area contributed by atoms with Gasteiger partial charge in [-0.1, -0.05) is 0 Å². The third-order valence-electron chi connectivity index (χ3n) is 6.60. The van der Waals surface area contributed by atoms with Gasteiger partial charge >= 0.3 is 5.95 Å². The molecule has 160 valence electrons. The maximum Gasteiger partial charge on any atom is 0.327 e. The Labute approximate surface area is 175 Å². The van der Waals surface area contributed by atoms with Gasteiger partial charge in [0.2, 0.25) is 11.5 Å². The minimum atomic E-state index is -1.32. The first-order chi connectivity index (χ1) is 13.9. The zero-order chi connectivity index (χ0) is 22.7. The summed E-state index contributed by atoms with van der Waals surface area (Å²) in [6, 6.07) is 0. The van der Waals surface area contributed by atoms with Crippen LogP contribution in [0.25, 0.3) is 11.0 Å². The molecule has 1 aliphatic heterocycles. The highest BCUT2D eigenvalue weighted by Gasteiger charge is 2.34. The smallest absolute Gasteiger partial charge is 0.327 e. The van der Waals surface area contributed by atoms with Gasteiger partial charge < -0.3 is 24.5 Å². The van der Waals surface area contributed by atoms with Crippen molar-refractivity contribution in [1.82, 2.24) is 0 Å². The highest BCUT2D eigenvalue weighted by Crippen LogP contribution is 2.42. The number of furan rings is 1. The van der Waals surface area contributed by atoms with E-state index in [-0.39, 0.29) is 11.5 Å². The summed E-state index contributed by atoms with van der Waals surface area (Å²) in [6.07, 6.45) is -1.32. The number of aromatic hydroxyl groups is 2. The Morgan fingerprint density at radius 2 is 1.20 bits per heavy atom. The van der Waals surface area contributed by atoms with E-state index in [1.807, 2.05) is 55.4 Å². The molecule has 6 heteroatoms. The summed E-state index contributed by atoms with van der Waals surface area (Å²) < 4.78 is 10.3. The quantitative estimate of drug-likeness (QED) is 0.486. The third-order valence-corrected chi connectivity index (χ3v) is 6.60. The van der Waals surface area contributed by atoms with Crippen molar-refractivity contribution in [2.45, 2.75) is 61.7 Å². The summed E-state index contributed by atoms with van der Waals surface area (Å²) >= 11 is 0. The summed E-state index contributed by atoms with van der Waals surface area (Å²) in [5.74, 6) is -0.336.